The molecule has 3 atom stereocenters. The van der Waals surface area contributed by atoms with Crippen molar-refractivity contribution in [1.29, 1.82) is 0 Å². The topological polar surface area (TPSA) is 85.4 Å². The lowest BCUT2D eigenvalue weighted by atomic mass is 10.2. The molecule has 0 radical (unpaired) electrons. The van der Waals surface area contributed by atoms with E-state index in [1.54, 1.807) is 13.0 Å². The maximum atomic E-state index is 12.4. The summed E-state index contributed by atoms with van der Waals surface area (Å²) in [5, 5.41) is 11.9. The second-order valence-corrected chi connectivity index (χ2v) is 5.93. The molecule has 0 spiro atoms. The normalized spacial score (nSPS) is 24.0. The molecule has 0 saturated carbocycles. The Hall–Kier alpha value is -1.82. The fraction of sp³-hybridized carbons (Fsp3) is 0.600. The molecule has 2 rings (SSSR count). The Kier molecular flexibility index (Phi) is 4.37. The van der Waals surface area contributed by atoms with Gasteiger partial charge in [0.25, 0.3) is 0 Å². The van der Waals surface area contributed by atoms with E-state index < -0.39 is 5.97 Å². The van der Waals surface area contributed by atoms with Crippen LogP contribution in [0, 0.1) is 6.92 Å². The quantitative estimate of drug-likeness (QED) is 0.794. The lowest BCUT2D eigenvalue weighted by molar-refractivity contribution is -0.121. The number of hydrogen-bond donors (Lipinski definition) is 3. The van der Waals surface area contributed by atoms with Gasteiger partial charge in [0.1, 0.15) is 5.69 Å². The van der Waals surface area contributed by atoms with Gasteiger partial charge in [0.15, 0.2) is 0 Å². The zero-order valence-electron chi connectivity index (χ0n) is 12.9. The number of anilines is 1. The van der Waals surface area contributed by atoms with E-state index >= 15 is 0 Å². The number of carbonyl (C=O) groups excluding carboxylic acids is 1. The first kappa shape index (κ1) is 15.6. The predicted molar refractivity (Wildman–Crippen MR) is 80.6 cm³/mol. The number of nitrogens with one attached hydrogen (secondary N) is 2. The number of amides is 1. The number of aryl methyl sites for hydroxylation is 1. The van der Waals surface area contributed by atoms with Gasteiger partial charge >= 0.3 is 5.97 Å². The summed E-state index contributed by atoms with van der Waals surface area (Å²) >= 11 is 0. The first-order valence-corrected chi connectivity index (χ1v) is 7.32. The Balaban J connectivity index is 2.13. The van der Waals surface area contributed by atoms with Gasteiger partial charge in [-0.1, -0.05) is 0 Å². The number of carbonyl (C=O) groups is 2. The summed E-state index contributed by atoms with van der Waals surface area (Å²) in [6.45, 7) is 7.87. The second kappa shape index (κ2) is 5.89. The third kappa shape index (κ3) is 3.10. The van der Waals surface area contributed by atoms with Crippen LogP contribution in [0.25, 0.3) is 0 Å². The number of aromatic nitrogens is 1. The molecule has 0 bridgehead atoms. The summed E-state index contributed by atoms with van der Waals surface area (Å²) in [6, 6.07) is 2.10. The molecule has 6 nitrogen and oxygen atoms in total. The number of nitrogens with zero attached hydrogens (tertiary/aromatic N) is 1. The minimum atomic E-state index is -1.08. The van der Waals surface area contributed by atoms with E-state index in [9.17, 15) is 9.59 Å². The Labute approximate surface area is 124 Å². The third-order valence-corrected chi connectivity index (χ3v) is 4.27. The average Bonchev–Trinajstić information content (AvgIpc) is 2.92. The van der Waals surface area contributed by atoms with Gasteiger partial charge in [0.2, 0.25) is 5.91 Å². The molecule has 1 fully saturated rings. The molecule has 0 aliphatic carbocycles. The fourth-order valence-corrected chi connectivity index (χ4v) is 3.21. The van der Waals surface area contributed by atoms with Crippen molar-refractivity contribution in [2.45, 2.75) is 58.7 Å². The van der Waals surface area contributed by atoms with Gasteiger partial charge in [-0.15, -0.1) is 0 Å². The molecule has 21 heavy (non-hydrogen) atoms. The molecular weight excluding hydrogens is 270 g/mol. The Bertz CT molecular complexity index is 542. The molecule has 1 aromatic rings. The van der Waals surface area contributed by atoms with Crippen molar-refractivity contribution in [3.05, 3.63) is 17.5 Å². The lowest BCUT2D eigenvalue weighted by Crippen LogP contribution is -2.46. The zero-order chi connectivity index (χ0) is 15.7. The summed E-state index contributed by atoms with van der Waals surface area (Å²) in [5.41, 5.74) is 1.06. The molecule has 1 saturated heterocycles. The van der Waals surface area contributed by atoms with Crippen LogP contribution in [0.3, 0.4) is 0 Å². The van der Waals surface area contributed by atoms with E-state index in [1.807, 2.05) is 6.92 Å². The number of carboxylic acids is 1. The number of H-pyrrole nitrogens is 1. The molecule has 3 N–H and O–H groups in total. The van der Waals surface area contributed by atoms with Crippen LogP contribution in [-0.4, -0.2) is 45.0 Å². The van der Waals surface area contributed by atoms with Crippen molar-refractivity contribution in [2.75, 3.05) is 5.32 Å². The Morgan fingerprint density at radius 2 is 1.95 bits per heavy atom. The van der Waals surface area contributed by atoms with Gasteiger partial charge in [-0.25, -0.2) is 4.79 Å². The van der Waals surface area contributed by atoms with Gasteiger partial charge in [-0.05, 0) is 46.6 Å². The second-order valence-electron chi connectivity index (χ2n) is 5.93. The van der Waals surface area contributed by atoms with E-state index in [-0.39, 0.29) is 17.6 Å². The molecule has 1 amide bonds. The smallest absolute Gasteiger partial charge is 0.354 e. The van der Waals surface area contributed by atoms with Crippen molar-refractivity contribution in [2.24, 2.45) is 0 Å². The van der Waals surface area contributed by atoms with Crippen LogP contribution in [0.2, 0.25) is 0 Å². The van der Waals surface area contributed by atoms with Crippen molar-refractivity contribution >= 4 is 17.6 Å². The highest BCUT2D eigenvalue weighted by Crippen LogP contribution is 2.26. The van der Waals surface area contributed by atoms with Crippen LogP contribution < -0.4 is 5.32 Å². The van der Waals surface area contributed by atoms with Gasteiger partial charge < -0.3 is 15.4 Å². The van der Waals surface area contributed by atoms with Crippen LogP contribution in [0.4, 0.5) is 5.69 Å². The summed E-state index contributed by atoms with van der Waals surface area (Å²) in [4.78, 5) is 28.5. The minimum Gasteiger partial charge on any atom is -0.477 e. The summed E-state index contributed by atoms with van der Waals surface area (Å²) < 4.78 is 0. The van der Waals surface area contributed by atoms with E-state index in [4.69, 9.17) is 5.11 Å². The van der Waals surface area contributed by atoms with E-state index in [0.717, 1.165) is 12.8 Å². The monoisotopic (exact) mass is 293 g/mol. The molecule has 3 unspecified atom stereocenters. The first-order valence-electron chi connectivity index (χ1n) is 7.32. The third-order valence-electron chi connectivity index (χ3n) is 4.27. The number of aromatic carboxylic acids is 1. The molecule has 6 heteroatoms. The number of carboxylic acid groups (broad SMARTS) is 1. The predicted octanol–water partition coefficient (Wildman–Crippen LogP) is 2.22. The Morgan fingerprint density at radius 1 is 1.38 bits per heavy atom. The zero-order valence-corrected chi connectivity index (χ0v) is 12.9. The van der Waals surface area contributed by atoms with Gasteiger partial charge in [0, 0.05) is 17.8 Å². The highest BCUT2D eigenvalue weighted by Gasteiger charge is 2.34. The van der Waals surface area contributed by atoms with Crippen molar-refractivity contribution in [3.8, 4) is 0 Å². The molecule has 1 aliphatic heterocycles. The number of hydrogen-bond acceptors (Lipinski definition) is 3. The van der Waals surface area contributed by atoms with Crippen molar-refractivity contribution in [3.63, 3.8) is 0 Å². The molecule has 1 aliphatic rings. The van der Waals surface area contributed by atoms with Crippen molar-refractivity contribution < 1.29 is 14.7 Å². The highest BCUT2D eigenvalue weighted by molar-refractivity contribution is 6.01. The van der Waals surface area contributed by atoms with Crippen LogP contribution in [-0.2, 0) is 4.79 Å². The molecule has 1 aromatic heterocycles. The minimum absolute atomic E-state index is 0.0237. The maximum absolute atomic E-state index is 12.4. The van der Waals surface area contributed by atoms with E-state index in [2.05, 4.69) is 29.0 Å². The molecule has 2 heterocycles. The van der Waals surface area contributed by atoms with Crippen LogP contribution in [0.1, 0.15) is 49.8 Å². The first-order chi connectivity index (χ1) is 9.81. The van der Waals surface area contributed by atoms with Gasteiger partial charge in [0.05, 0.1) is 11.7 Å². The number of likely N-dealkylation sites (tertiary alicyclic amines) is 1. The van der Waals surface area contributed by atoms with E-state index in [0.29, 0.717) is 23.5 Å². The summed E-state index contributed by atoms with van der Waals surface area (Å²) in [5.74, 6) is -1.24. The summed E-state index contributed by atoms with van der Waals surface area (Å²) in [6.07, 6.45) is 2.17. The number of rotatable bonds is 4. The van der Waals surface area contributed by atoms with Crippen molar-refractivity contribution in [1.82, 2.24) is 9.88 Å². The highest BCUT2D eigenvalue weighted by atomic mass is 16.4. The van der Waals surface area contributed by atoms with E-state index in [1.165, 1.54) is 0 Å². The lowest BCUT2D eigenvalue weighted by Gasteiger charge is -2.31. The standard InChI is InChI=1S/C15H23N3O3/c1-8-7-12(13(16-8)15(20)21)17-14(19)11(4)18-9(2)5-6-10(18)3/h7,9-11,16H,5-6H2,1-4H3,(H,17,19)(H,20,21). The van der Waals surface area contributed by atoms with Crippen LogP contribution in [0.5, 0.6) is 0 Å². The van der Waals surface area contributed by atoms with Crippen LogP contribution in [0.15, 0.2) is 6.07 Å². The van der Waals surface area contributed by atoms with Crippen LogP contribution >= 0.6 is 0 Å². The average molecular weight is 293 g/mol. The SMILES string of the molecule is Cc1cc(NC(=O)C(C)N2C(C)CCC2C)c(C(=O)O)[nH]1. The maximum Gasteiger partial charge on any atom is 0.354 e. The largest absolute Gasteiger partial charge is 0.477 e. The van der Waals surface area contributed by atoms with Gasteiger partial charge in [-0.3, -0.25) is 9.69 Å². The molecule has 0 aromatic carbocycles. The Morgan fingerprint density at radius 3 is 2.48 bits per heavy atom. The fourth-order valence-electron chi connectivity index (χ4n) is 3.21. The molecule has 116 valence electrons. The molecular formula is C15H23N3O3. The van der Waals surface area contributed by atoms with Gasteiger partial charge in [-0.2, -0.15) is 0 Å². The number of aromatic amines is 1. The summed E-state index contributed by atoms with van der Waals surface area (Å²) in [7, 11) is 0.